The molecule has 1 aliphatic rings. The number of hydrogen-bond acceptors (Lipinski definition) is 5. The molecule has 1 aliphatic heterocycles. The zero-order chi connectivity index (χ0) is 21.8. The Morgan fingerprint density at radius 1 is 1.28 bits per heavy atom. The van der Waals surface area contributed by atoms with Gasteiger partial charge in [0.05, 0.1) is 17.5 Å². The van der Waals surface area contributed by atoms with Crippen LogP contribution in [0.5, 0.6) is 0 Å². The van der Waals surface area contributed by atoms with Crippen molar-refractivity contribution in [1.82, 2.24) is 9.21 Å². The van der Waals surface area contributed by atoms with Crippen LogP contribution in [0.4, 0.5) is 5.69 Å². The summed E-state index contributed by atoms with van der Waals surface area (Å²) in [6.45, 7) is 12.1. The summed E-state index contributed by atoms with van der Waals surface area (Å²) in [5, 5.41) is 13.2. The van der Waals surface area contributed by atoms with Crippen molar-refractivity contribution < 1.29 is 18.3 Å². The molecule has 1 saturated heterocycles. The summed E-state index contributed by atoms with van der Waals surface area (Å²) in [5.74, 6) is -0.00688. The van der Waals surface area contributed by atoms with Gasteiger partial charge in [-0.2, -0.15) is 4.31 Å². The van der Waals surface area contributed by atoms with Gasteiger partial charge in [0.1, 0.15) is 0 Å². The lowest BCUT2D eigenvalue weighted by atomic mass is 9.74. The number of likely N-dealkylation sites (tertiary alicyclic amines) is 1. The number of aliphatic hydroxyl groups excluding tert-OH is 1. The molecular formula is C21H35N3O4S. The second-order valence-corrected chi connectivity index (χ2v) is 10.7. The first-order valence-electron chi connectivity index (χ1n) is 10.3. The van der Waals surface area contributed by atoms with Crippen molar-refractivity contribution >= 4 is 21.6 Å². The van der Waals surface area contributed by atoms with E-state index in [1.54, 1.807) is 26.0 Å². The number of hydrogen-bond donors (Lipinski definition) is 2. The number of benzene rings is 1. The first-order chi connectivity index (χ1) is 13.5. The SMILES string of the molecule is CCN(CC)S(=O)(=O)c1cccc(NC(=O)CN2CC[C@@H](C(C)(C)C)[C@@H](O)C2)c1. The maximum atomic E-state index is 12.7. The molecule has 2 atom stereocenters. The summed E-state index contributed by atoms with van der Waals surface area (Å²) >= 11 is 0. The van der Waals surface area contributed by atoms with Gasteiger partial charge in [-0.05, 0) is 42.5 Å². The van der Waals surface area contributed by atoms with E-state index in [-0.39, 0.29) is 28.7 Å². The molecular weight excluding hydrogens is 390 g/mol. The standard InChI is InChI=1S/C21H35N3O4S/c1-6-24(7-2)29(27,28)17-10-8-9-16(13-17)22-20(26)15-23-12-11-18(19(25)14-23)21(3,4)5/h8-10,13,18-19,25H,6-7,11-12,14-15H2,1-5H3,(H,22,26)/t18-,19+/m1/s1. The van der Waals surface area contributed by atoms with Crippen molar-refractivity contribution in [3.63, 3.8) is 0 Å². The van der Waals surface area contributed by atoms with E-state index in [1.807, 2.05) is 4.90 Å². The van der Waals surface area contributed by atoms with E-state index in [0.717, 1.165) is 13.0 Å². The fourth-order valence-electron chi connectivity index (χ4n) is 4.00. The van der Waals surface area contributed by atoms with E-state index in [0.29, 0.717) is 25.3 Å². The van der Waals surface area contributed by atoms with Crippen LogP contribution in [0, 0.1) is 11.3 Å². The molecule has 29 heavy (non-hydrogen) atoms. The molecule has 7 nitrogen and oxygen atoms in total. The van der Waals surface area contributed by atoms with Gasteiger partial charge in [-0.3, -0.25) is 9.69 Å². The Morgan fingerprint density at radius 3 is 2.48 bits per heavy atom. The summed E-state index contributed by atoms with van der Waals surface area (Å²) in [4.78, 5) is 14.6. The second-order valence-electron chi connectivity index (χ2n) is 8.73. The molecule has 1 aromatic rings. The molecule has 0 aromatic heterocycles. The number of piperidine rings is 1. The maximum absolute atomic E-state index is 12.7. The van der Waals surface area contributed by atoms with Gasteiger partial charge < -0.3 is 10.4 Å². The average Bonchev–Trinajstić information content (AvgIpc) is 2.61. The summed E-state index contributed by atoms with van der Waals surface area (Å²) in [6.07, 6.45) is 0.384. The first-order valence-corrected chi connectivity index (χ1v) is 11.7. The van der Waals surface area contributed by atoms with Crippen LogP contribution in [0.25, 0.3) is 0 Å². The van der Waals surface area contributed by atoms with Gasteiger partial charge >= 0.3 is 0 Å². The summed E-state index contributed by atoms with van der Waals surface area (Å²) in [5.41, 5.74) is 0.484. The molecule has 1 aromatic carbocycles. The number of nitrogens with one attached hydrogen (secondary N) is 1. The van der Waals surface area contributed by atoms with Gasteiger partial charge in [0, 0.05) is 25.3 Å². The zero-order valence-corrected chi connectivity index (χ0v) is 19.0. The summed E-state index contributed by atoms with van der Waals surface area (Å²) < 4.78 is 26.7. The molecule has 2 rings (SSSR count). The maximum Gasteiger partial charge on any atom is 0.243 e. The van der Waals surface area contributed by atoms with Crippen molar-refractivity contribution in [2.24, 2.45) is 11.3 Å². The van der Waals surface area contributed by atoms with E-state index in [9.17, 15) is 18.3 Å². The summed E-state index contributed by atoms with van der Waals surface area (Å²) in [7, 11) is -3.58. The van der Waals surface area contributed by atoms with Gasteiger partial charge in [0.2, 0.25) is 15.9 Å². The highest BCUT2D eigenvalue weighted by atomic mass is 32.2. The van der Waals surface area contributed by atoms with E-state index >= 15 is 0 Å². The topological polar surface area (TPSA) is 90.0 Å². The molecule has 164 valence electrons. The number of sulfonamides is 1. The molecule has 0 bridgehead atoms. The van der Waals surface area contributed by atoms with Crippen molar-refractivity contribution in [2.75, 3.05) is 38.0 Å². The molecule has 2 N–H and O–H groups in total. The van der Waals surface area contributed by atoms with Gasteiger partial charge in [-0.15, -0.1) is 0 Å². The highest BCUT2D eigenvalue weighted by Crippen LogP contribution is 2.34. The van der Waals surface area contributed by atoms with Crippen LogP contribution in [0.2, 0.25) is 0 Å². The number of aliphatic hydroxyl groups is 1. The Kier molecular flexibility index (Phi) is 7.84. The number of amides is 1. The molecule has 0 saturated carbocycles. The third-order valence-corrected chi connectivity index (χ3v) is 7.65. The number of carbonyl (C=O) groups excluding carboxylic acids is 1. The van der Waals surface area contributed by atoms with Crippen LogP contribution in [0.15, 0.2) is 29.2 Å². The second kappa shape index (κ2) is 9.55. The Bertz CT molecular complexity index is 800. The normalized spacial score (nSPS) is 21.3. The van der Waals surface area contributed by atoms with Gasteiger partial charge in [0.15, 0.2) is 0 Å². The third-order valence-electron chi connectivity index (χ3n) is 5.61. The molecule has 0 spiro atoms. The van der Waals surface area contributed by atoms with Crippen LogP contribution in [0.3, 0.4) is 0 Å². The molecule has 0 radical (unpaired) electrons. The number of rotatable bonds is 7. The van der Waals surface area contributed by atoms with Crippen molar-refractivity contribution in [3.05, 3.63) is 24.3 Å². The number of β-amino-alcohol motifs (C(OH)–C–C–N with tert-alkyl or cyclic N) is 1. The summed E-state index contributed by atoms with van der Waals surface area (Å²) in [6, 6.07) is 6.34. The van der Waals surface area contributed by atoms with Crippen LogP contribution < -0.4 is 5.32 Å². The van der Waals surface area contributed by atoms with E-state index in [2.05, 4.69) is 26.1 Å². The Balaban J connectivity index is 2.00. The van der Waals surface area contributed by atoms with Gasteiger partial charge in [-0.1, -0.05) is 40.7 Å². The number of anilines is 1. The van der Waals surface area contributed by atoms with Crippen LogP contribution >= 0.6 is 0 Å². The minimum atomic E-state index is -3.58. The van der Waals surface area contributed by atoms with Gasteiger partial charge in [-0.25, -0.2) is 8.42 Å². The third kappa shape index (κ3) is 6.01. The molecule has 1 heterocycles. The monoisotopic (exact) mass is 425 g/mol. The number of nitrogens with zero attached hydrogens (tertiary/aromatic N) is 2. The molecule has 0 aliphatic carbocycles. The molecule has 8 heteroatoms. The minimum Gasteiger partial charge on any atom is -0.391 e. The molecule has 1 amide bonds. The fraction of sp³-hybridized carbons (Fsp3) is 0.667. The highest BCUT2D eigenvalue weighted by molar-refractivity contribution is 7.89. The largest absolute Gasteiger partial charge is 0.391 e. The van der Waals surface area contributed by atoms with Crippen molar-refractivity contribution in [1.29, 1.82) is 0 Å². The molecule has 0 unspecified atom stereocenters. The van der Waals surface area contributed by atoms with Crippen molar-refractivity contribution in [3.8, 4) is 0 Å². The van der Waals surface area contributed by atoms with Crippen LogP contribution in [0.1, 0.15) is 41.0 Å². The Hall–Kier alpha value is -1.48. The van der Waals surface area contributed by atoms with E-state index in [1.165, 1.54) is 16.4 Å². The average molecular weight is 426 g/mol. The van der Waals surface area contributed by atoms with Crippen LogP contribution in [-0.2, 0) is 14.8 Å². The lowest BCUT2D eigenvalue weighted by Gasteiger charge is -2.42. The first kappa shape index (κ1) is 23.8. The fourth-order valence-corrected chi connectivity index (χ4v) is 5.51. The predicted octanol–water partition coefficient (Wildman–Crippen LogP) is 2.38. The predicted molar refractivity (Wildman–Crippen MR) is 115 cm³/mol. The Morgan fingerprint density at radius 2 is 1.93 bits per heavy atom. The minimum absolute atomic E-state index is 0.0323. The quantitative estimate of drug-likeness (QED) is 0.700. The smallest absolute Gasteiger partial charge is 0.243 e. The van der Waals surface area contributed by atoms with Crippen molar-refractivity contribution in [2.45, 2.75) is 52.0 Å². The Labute approximate surface area is 175 Å². The highest BCUT2D eigenvalue weighted by Gasteiger charge is 2.36. The van der Waals surface area contributed by atoms with Gasteiger partial charge in [0.25, 0.3) is 0 Å². The number of carbonyl (C=O) groups is 1. The molecule has 1 fully saturated rings. The van der Waals surface area contributed by atoms with E-state index < -0.39 is 16.1 Å². The lowest BCUT2D eigenvalue weighted by Crippen LogP contribution is -2.49. The zero-order valence-electron chi connectivity index (χ0n) is 18.2. The van der Waals surface area contributed by atoms with E-state index in [4.69, 9.17) is 0 Å². The van der Waals surface area contributed by atoms with Crippen LogP contribution in [-0.4, -0.2) is 67.5 Å². The lowest BCUT2D eigenvalue weighted by molar-refractivity contribution is -0.118.